The fraction of sp³-hybridized carbons (Fsp3) is 0.417. The molecule has 0 fully saturated rings. The Bertz CT molecular complexity index is 484. The number of rotatable bonds is 7. The van der Waals surface area contributed by atoms with E-state index in [-0.39, 0.29) is 12.3 Å². The number of carbonyl (C=O) groups is 1. The summed E-state index contributed by atoms with van der Waals surface area (Å²) in [5, 5.41) is 8.73. The van der Waals surface area contributed by atoms with Crippen molar-refractivity contribution in [2.45, 2.75) is 19.1 Å². The van der Waals surface area contributed by atoms with Crippen LogP contribution in [0.2, 0.25) is 0 Å². The van der Waals surface area contributed by atoms with Crippen LogP contribution >= 0.6 is 0 Å². The number of hydrogen-bond acceptors (Lipinski definition) is 3. The molecule has 0 unspecified atom stereocenters. The van der Waals surface area contributed by atoms with Crippen LogP contribution in [0.15, 0.2) is 30.3 Å². The van der Waals surface area contributed by atoms with E-state index in [0.29, 0.717) is 12.0 Å². The van der Waals surface area contributed by atoms with Gasteiger partial charge in [-0.1, -0.05) is 37.3 Å². The number of benzene rings is 1. The summed E-state index contributed by atoms with van der Waals surface area (Å²) in [5.74, 6) is -1.30. The predicted octanol–water partition coefficient (Wildman–Crippen LogP) is 1.31. The quantitative estimate of drug-likeness (QED) is 0.811. The first kappa shape index (κ1) is 14.7. The van der Waals surface area contributed by atoms with Crippen LogP contribution in [-0.4, -0.2) is 36.9 Å². The van der Waals surface area contributed by atoms with Crippen molar-refractivity contribution < 1.29 is 18.3 Å². The maximum Gasteiger partial charge on any atom is 0.318 e. The van der Waals surface area contributed by atoms with Gasteiger partial charge in [-0.2, -0.15) is 4.31 Å². The van der Waals surface area contributed by atoms with Gasteiger partial charge in [-0.25, -0.2) is 8.42 Å². The van der Waals surface area contributed by atoms with E-state index in [9.17, 15) is 13.2 Å². The summed E-state index contributed by atoms with van der Waals surface area (Å²) in [6, 6.07) is 8.74. The molecule has 0 aliphatic carbocycles. The first-order chi connectivity index (χ1) is 8.45. The standard InChI is InChI=1S/C12H17NO4S/c1-2-8-13(9-12(14)15)18(16,17)10-11-6-4-3-5-7-11/h3-7H,2,8-10H2,1H3,(H,14,15). The monoisotopic (exact) mass is 271 g/mol. The number of carboxylic acid groups (broad SMARTS) is 1. The van der Waals surface area contributed by atoms with Gasteiger partial charge in [0.15, 0.2) is 0 Å². The zero-order valence-corrected chi connectivity index (χ0v) is 11.1. The Morgan fingerprint density at radius 1 is 1.28 bits per heavy atom. The first-order valence-corrected chi connectivity index (χ1v) is 7.30. The molecule has 0 spiro atoms. The minimum atomic E-state index is -3.58. The van der Waals surface area contributed by atoms with Crippen molar-refractivity contribution in [3.8, 4) is 0 Å². The van der Waals surface area contributed by atoms with Gasteiger partial charge in [-0.3, -0.25) is 4.79 Å². The zero-order valence-electron chi connectivity index (χ0n) is 10.2. The molecule has 0 amide bonds. The molecule has 1 aromatic carbocycles. The molecule has 100 valence electrons. The summed E-state index contributed by atoms with van der Waals surface area (Å²) in [7, 11) is -3.58. The van der Waals surface area contributed by atoms with Gasteiger partial charge >= 0.3 is 5.97 Å². The van der Waals surface area contributed by atoms with Crippen molar-refractivity contribution in [3.63, 3.8) is 0 Å². The Morgan fingerprint density at radius 2 is 1.89 bits per heavy atom. The largest absolute Gasteiger partial charge is 0.480 e. The van der Waals surface area contributed by atoms with Crippen molar-refractivity contribution in [3.05, 3.63) is 35.9 Å². The van der Waals surface area contributed by atoms with Crippen LogP contribution in [0.25, 0.3) is 0 Å². The Balaban J connectivity index is 2.85. The number of sulfonamides is 1. The first-order valence-electron chi connectivity index (χ1n) is 5.69. The second-order valence-electron chi connectivity index (χ2n) is 3.97. The fourth-order valence-corrected chi connectivity index (χ4v) is 3.16. The third-order valence-corrected chi connectivity index (χ3v) is 4.17. The number of hydrogen-bond donors (Lipinski definition) is 1. The highest BCUT2D eigenvalue weighted by atomic mass is 32.2. The molecule has 0 radical (unpaired) electrons. The van der Waals surface area contributed by atoms with Gasteiger partial charge in [0.25, 0.3) is 0 Å². The van der Waals surface area contributed by atoms with Gasteiger partial charge in [0.2, 0.25) is 10.0 Å². The van der Waals surface area contributed by atoms with Crippen LogP contribution in [0.4, 0.5) is 0 Å². The van der Waals surface area contributed by atoms with Crippen molar-refractivity contribution in [1.29, 1.82) is 0 Å². The van der Waals surface area contributed by atoms with Crippen LogP contribution in [0.1, 0.15) is 18.9 Å². The van der Waals surface area contributed by atoms with E-state index in [4.69, 9.17) is 5.11 Å². The second kappa shape index (κ2) is 6.51. The predicted molar refractivity (Wildman–Crippen MR) is 68.6 cm³/mol. The zero-order chi connectivity index (χ0) is 13.6. The summed E-state index contributed by atoms with van der Waals surface area (Å²) in [5.41, 5.74) is 0.656. The molecular weight excluding hydrogens is 254 g/mol. The van der Waals surface area contributed by atoms with Gasteiger partial charge in [-0.15, -0.1) is 0 Å². The van der Waals surface area contributed by atoms with Crippen LogP contribution in [0.3, 0.4) is 0 Å². The van der Waals surface area contributed by atoms with E-state index in [0.717, 1.165) is 4.31 Å². The van der Waals surface area contributed by atoms with Crippen LogP contribution in [0.5, 0.6) is 0 Å². The molecule has 0 atom stereocenters. The molecule has 0 aliphatic rings. The Morgan fingerprint density at radius 3 is 2.39 bits per heavy atom. The molecule has 1 N–H and O–H groups in total. The molecule has 0 aliphatic heterocycles. The molecule has 6 heteroatoms. The van der Waals surface area contributed by atoms with Crippen molar-refractivity contribution in [2.24, 2.45) is 0 Å². The number of carboxylic acids is 1. The average Bonchev–Trinajstić information content (AvgIpc) is 2.28. The van der Waals surface area contributed by atoms with E-state index in [2.05, 4.69) is 0 Å². The van der Waals surface area contributed by atoms with Gasteiger partial charge in [0.05, 0.1) is 5.75 Å². The lowest BCUT2D eigenvalue weighted by atomic mass is 10.2. The second-order valence-corrected chi connectivity index (χ2v) is 5.94. The molecule has 0 heterocycles. The normalized spacial score (nSPS) is 11.7. The summed E-state index contributed by atoms with van der Waals surface area (Å²) >= 11 is 0. The highest BCUT2D eigenvalue weighted by Gasteiger charge is 2.23. The van der Waals surface area contributed by atoms with E-state index in [1.807, 2.05) is 6.92 Å². The minimum Gasteiger partial charge on any atom is -0.480 e. The van der Waals surface area contributed by atoms with Crippen LogP contribution < -0.4 is 0 Å². The highest BCUT2D eigenvalue weighted by Crippen LogP contribution is 2.11. The van der Waals surface area contributed by atoms with E-state index < -0.39 is 22.5 Å². The molecule has 0 aromatic heterocycles. The topological polar surface area (TPSA) is 74.7 Å². The minimum absolute atomic E-state index is 0.166. The van der Waals surface area contributed by atoms with Gasteiger partial charge in [-0.05, 0) is 12.0 Å². The third kappa shape index (κ3) is 4.46. The number of aliphatic carboxylic acids is 1. The molecule has 0 saturated carbocycles. The van der Waals surface area contributed by atoms with Crippen molar-refractivity contribution >= 4 is 16.0 Å². The smallest absolute Gasteiger partial charge is 0.318 e. The van der Waals surface area contributed by atoms with Gasteiger partial charge in [0, 0.05) is 6.54 Å². The maximum absolute atomic E-state index is 12.1. The van der Waals surface area contributed by atoms with Crippen molar-refractivity contribution in [2.75, 3.05) is 13.1 Å². The molecule has 1 rings (SSSR count). The molecule has 5 nitrogen and oxygen atoms in total. The summed E-state index contributed by atoms with van der Waals surface area (Å²) in [6.07, 6.45) is 0.585. The Hall–Kier alpha value is -1.40. The fourth-order valence-electron chi connectivity index (χ4n) is 1.59. The summed E-state index contributed by atoms with van der Waals surface area (Å²) < 4.78 is 25.2. The molecule has 0 bridgehead atoms. The highest BCUT2D eigenvalue weighted by molar-refractivity contribution is 7.88. The van der Waals surface area contributed by atoms with E-state index in [1.165, 1.54) is 0 Å². The lowest BCUT2D eigenvalue weighted by Gasteiger charge is -2.19. The Kier molecular flexibility index (Phi) is 5.30. The SMILES string of the molecule is CCCN(CC(=O)O)S(=O)(=O)Cc1ccccc1. The van der Waals surface area contributed by atoms with E-state index >= 15 is 0 Å². The van der Waals surface area contributed by atoms with Gasteiger partial charge in [0.1, 0.15) is 6.54 Å². The third-order valence-electron chi connectivity index (χ3n) is 2.37. The summed E-state index contributed by atoms with van der Waals surface area (Å²) in [4.78, 5) is 10.7. The molecule has 0 saturated heterocycles. The lowest BCUT2D eigenvalue weighted by molar-refractivity contribution is -0.137. The molecular formula is C12H17NO4S. The Labute approximate surface area is 107 Å². The average molecular weight is 271 g/mol. The number of nitrogens with zero attached hydrogens (tertiary/aromatic N) is 1. The summed E-state index contributed by atoms with van der Waals surface area (Å²) in [6.45, 7) is 1.55. The lowest BCUT2D eigenvalue weighted by Crippen LogP contribution is -2.37. The van der Waals surface area contributed by atoms with Crippen LogP contribution in [-0.2, 0) is 20.6 Å². The van der Waals surface area contributed by atoms with Crippen molar-refractivity contribution in [1.82, 2.24) is 4.31 Å². The van der Waals surface area contributed by atoms with E-state index in [1.54, 1.807) is 30.3 Å². The van der Waals surface area contributed by atoms with Crippen LogP contribution in [0, 0.1) is 0 Å². The van der Waals surface area contributed by atoms with Gasteiger partial charge < -0.3 is 5.11 Å². The molecule has 1 aromatic rings. The maximum atomic E-state index is 12.1. The molecule has 18 heavy (non-hydrogen) atoms.